The van der Waals surface area contributed by atoms with Gasteiger partial charge >= 0.3 is 6.09 Å². The Morgan fingerprint density at radius 3 is 2.60 bits per heavy atom. The van der Waals surface area contributed by atoms with Gasteiger partial charge in [0.1, 0.15) is 0 Å². The topological polar surface area (TPSA) is 95.9 Å². The molecule has 0 aliphatic rings. The van der Waals surface area contributed by atoms with Gasteiger partial charge in [0.15, 0.2) is 11.5 Å². The fourth-order valence-corrected chi connectivity index (χ4v) is 0.988. The highest BCUT2D eigenvalue weighted by Crippen LogP contribution is 2.26. The minimum Gasteiger partial charge on any atom is -0.504 e. The highest BCUT2D eigenvalue weighted by Gasteiger charge is 2.11. The maximum atomic E-state index is 11.2. The lowest BCUT2D eigenvalue weighted by atomic mass is 10.2. The van der Waals surface area contributed by atoms with Crippen molar-refractivity contribution in [2.75, 3.05) is 7.11 Å². The fourth-order valence-electron chi connectivity index (χ4n) is 0.988. The highest BCUT2D eigenvalue weighted by atomic mass is 16.5. The molecule has 15 heavy (non-hydrogen) atoms. The maximum Gasteiger partial charge on any atom is 0.411 e. The van der Waals surface area contributed by atoms with Gasteiger partial charge in [-0.2, -0.15) is 0 Å². The van der Waals surface area contributed by atoms with Crippen LogP contribution in [0.2, 0.25) is 0 Å². The molecule has 0 unspecified atom stereocenters. The first kappa shape index (κ1) is 10.8. The predicted molar refractivity (Wildman–Crippen MR) is 50.1 cm³/mol. The number of hydrogen-bond donors (Lipinski definition) is 3. The average Bonchev–Trinajstić information content (AvgIpc) is 2.17. The van der Waals surface area contributed by atoms with E-state index in [-0.39, 0.29) is 17.1 Å². The second kappa shape index (κ2) is 4.32. The summed E-state index contributed by atoms with van der Waals surface area (Å²) in [6.07, 6.45) is -1.44. The van der Waals surface area contributed by atoms with Crippen LogP contribution in [0.25, 0.3) is 0 Å². The molecular weight excluding hydrogens is 202 g/mol. The zero-order valence-corrected chi connectivity index (χ0v) is 7.85. The first-order chi connectivity index (χ1) is 7.04. The van der Waals surface area contributed by atoms with Crippen LogP contribution < -0.4 is 10.1 Å². The number of rotatable bonds is 2. The molecule has 0 aromatic heterocycles. The molecule has 0 bridgehead atoms. The van der Waals surface area contributed by atoms with E-state index >= 15 is 0 Å². The zero-order chi connectivity index (χ0) is 11.4. The number of phenolic OH excluding ortho intramolecular Hbond substituents is 1. The van der Waals surface area contributed by atoms with Crippen molar-refractivity contribution in [2.45, 2.75) is 0 Å². The van der Waals surface area contributed by atoms with Gasteiger partial charge in [0.2, 0.25) is 0 Å². The van der Waals surface area contributed by atoms with Crippen LogP contribution in [0.3, 0.4) is 0 Å². The molecule has 0 fully saturated rings. The number of carbonyl (C=O) groups excluding carboxylic acids is 1. The summed E-state index contributed by atoms with van der Waals surface area (Å²) in [5.41, 5.74) is 0.0899. The Morgan fingerprint density at radius 1 is 1.40 bits per heavy atom. The Kier molecular flexibility index (Phi) is 3.12. The monoisotopic (exact) mass is 211 g/mol. The molecule has 2 amide bonds. The third kappa shape index (κ3) is 2.60. The van der Waals surface area contributed by atoms with Crippen molar-refractivity contribution in [2.24, 2.45) is 0 Å². The van der Waals surface area contributed by atoms with Crippen LogP contribution in [-0.4, -0.2) is 29.3 Å². The molecule has 6 heteroatoms. The average molecular weight is 211 g/mol. The molecule has 1 aromatic carbocycles. The number of benzene rings is 1. The van der Waals surface area contributed by atoms with Crippen molar-refractivity contribution in [3.05, 3.63) is 23.8 Å². The van der Waals surface area contributed by atoms with Crippen molar-refractivity contribution in [3.8, 4) is 11.5 Å². The normalized spacial score (nSPS) is 9.40. The third-order valence-corrected chi connectivity index (χ3v) is 1.66. The van der Waals surface area contributed by atoms with E-state index in [0.717, 1.165) is 0 Å². The number of methoxy groups -OCH3 is 1. The van der Waals surface area contributed by atoms with E-state index < -0.39 is 12.0 Å². The summed E-state index contributed by atoms with van der Waals surface area (Å²) in [7, 11) is 1.33. The predicted octanol–water partition coefficient (Wildman–Crippen LogP) is 0.809. The Balaban J connectivity index is 2.95. The van der Waals surface area contributed by atoms with E-state index in [9.17, 15) is 14.7 Å². The number of nitrogens with one attached hydrogen (secondary N) is 1. The number of aromatic hydroxyl groups is 1. The lowest BCUT2D eigenvalue weighted by Gasteiger charge is -2.05. The Labute approximate surface area is 85.1 Å². The number of phenols is 1. The van der Waals surface area contributed by atoms with Crippen LogP contribution in [0, 0.1) is 0 Å². The van der Waals surface area contributed by atoms with E-state index in [2.05, 4.69) is 0 Å². The van der Waals surface area contributed by atoms with Crippen LogP contribution in [0.1, 0.15) is 10.4 Å². The SMILES string of the molecule is COc1cc(C(=O)NC(=O)O)ccc1O. The second-order valence-corrected chi connectivity index (χ2v) is 2.65. The molecule has 0 saturated heterocycles. The molecule has 0 aliphatic carbocycles. The minimum atomic E-state index is -1.44. The summed E-state index contributed by atoms with van der Waals surface area (Å²) in [5.74, 6) is -0.793. The van der Waals surface area contributed by atoms with Crippen LogP contribution in [0.4, 0.5) is 4.79 Å². The first-order valence-corrected chi connectivity index (χ1v) is 3.96. The van der Waals surface area contributed by atoms with Crippen molar-refractivity contribution in [1.82, 2.24) is 5.32 Å². The van der Waals surface area contributed by atoms with Crippen LogP contribution in [-0.2, 0) is 0 Å². The number of imide groups is 1. The highest BCUT2D eigenvalue weighted by molar-refractivity contribution is 6.02. The van der Waals surface area contributed by atoms with Gasteiger partial charge < -0.3 is 14.9 Å². The summed E-state index contributed by atoms with van der Waals surface area (Å²) in [5, 5.41) is 19.2. The maximum absolute atomic E-state index is 11.2. The van der Waals surface area contributed by atoms with Gasteiger partial charge in [-0.3, -0.25) is 10.1 Å². The quantitative estimate of drug-likeness (QED) is 0.672. The molecular formula is C9H9NO5. The molecule has 0 heterocycles. The summed E-state index contributed by atoms with van der Waals surface area (Å²) in [4.78, 5) is 21.4. The fraction of sp³-hybridized carbons (Fsp3) is 0.111. The van der Waals surface area contributed by atoms with Gasteiger partial charge in [-0.05, 0) is 18.2 Å². The molecule has 1 rings (SSSR count). The number of amides is 2. The van der Waals surface area contributed by atoms with Crippen molar-refractivity contribution in [1.29, 1.82) is 0 Å². The van der Waals surface area contributed by atoms with Crippen molar-refractivity contribution < 1.29 is 24.5 Å². The molecule has 80 valence electrons. The van der Waals surface area contributed by atoms with Gasteiger partial charge in [-0.15, -0.1) is 0 Å². The lowest BCUT2D eigenvalue weighted by molar-refractivity contribution is 0.0947. The van der Waals surface area contributed by atoms with E-state index in [4.69, 9.17) is 9.84 Å². The number of ether oxygens (including phenoxy) is 1. The van der Waals surface area contributed by atoms with Crippen LogP contribution in [0.5, 0.6) is 11.5 Å². The standard InChI is InChI=1S/C9H9NO5/c1-15-7-4-5(2-3-6(7)11)8(12)10-9(13)14/h2-4,11H,1H3,(H,10,12)(H,13,14). The first-order valence-electron chi connectivity index (χ1n) is 3.96. The largest absolute Gasteiger partial charge is 0.504 e. The molecule has 0 radical (unpaired) electrons. The van der Waals surface area contributed by atoms with E-state index in [0.29, 0.717) is 0 Å². The summed E-state index contributed by atoms with van der Waals surface area (Å²) in [6, 6.07) is 3.78. The molecule has 6 nitrogen and oxygen atoms in total. The lowest BCUT2D eigenvalue weighted by Crippen LogP contribution is -2.28. The molecule has 0 aliphatic heterocycles. The third-order valence-electron chi connectivity index (χ3n) is 1.66. The molecule has 0 atom stereocenters. The van der Waals surface area contributed by atoms with Crippen LogP contribution >= 0.6 is 0 Å². The number of hydrogen-bond acceptors (Lipinski definition) is 4. The molecule has 1 aromatic rings. The summed E-state index contributed by atoms with van der Waals surface area (Å²) in [6.45, 7) is 0. The van der Waals surface area contributed by atoms with Gasteiger partial charge in [0.05, 0.1) is 7.11 Å². The zero-order valence-electron chi connectivity index (χ0n) is 7.85. The number of carbonyl (C=O) groups is 2. The van der Waals surface area contributed by atoms with E-state index in [1.54, 1.807) is 5.32 Å². The van der Waals surface area contributed by atoms with E-state index in [1.165, 1.54) is 25.3 Å². The molecule has 0 spiro atoms. The smallest absolute Gasteiger partial charge is 0.411 e. The molecule has 3 N–H and O–H groups in total. The van der Waals surface area contributed by atoms with Crippen molar-refractivity contribution >= 4 is 12.0 Å². The molecule has 0 saturated carbocycles. The van der Waals surface area contributed by atoms with E-state index in [1.807, 2.05) is 0 Å². The Bertz CT molecular complexity index is 401. The second-order valence-electron chi connectivity index (χ2n) is 2.65. The van der Waals surface area contributed by atoms with Crippen molar-refractivity contribution in [3.63, 3.8) is 0 Å². The van der Waals surface area contributed by atoms with Gasteiger partial charge in [-0.1, -0.05) is 0 Å². The van der Waals surface area contributed by atoms with Gasteiger partial charge in [0.25, 0.3) is 5.91 Å². The Hall–Kier alpha value is -2.24. The minimum absolute atomic E-state index is 0.0899. The van der Waals surface area contributed by atoms with Gasteiger partial charge in [0, 0.05) is 5.56 Å². The summed E-state index contributed by atoms with van der Waals surface area (Å²) >= 11 is 0. The van der Waals surface area contributed by atoms with Crippen LogP contribution in [0.15, 0.2) is 18.2 Å². The summed E-state index contributed by atoms with van der Waals surface area (Å²) < 4.78 is 4.76. The number of carboxylic acid groups (broad SMARTS) is 1. The van der Waals surface area contributed by atoms with Gasteiger partial charge in [-0.25, -0.2) is 4.79 Å². The Morgan fingerprint density at radius 2 is 2.07 bits per heavy atom.